The Labute approximate surface area is 104 Å². The standard InChI is InChI=1S/C14H13NO3/c1-8-13(15)14(16)10-5-4-9(7-12(10)18-8)11-3-2-6-17-11/h2-8,13H,15H2,1H3. The summed E-state index contributed by atoms with van der Waals surface area (Å²) in [5, 5.41) is 0. The lowest BCUT2D eigenvalue weighted by Gasteiger charge is -2.27. The fourth-order valence-corrected chi connectivity index (χ4v) is 2.09. The normalized spacial score (nSPS) is 22.4. The van der Waals surface area contributed by atoms with E-state index in [0.717, 1.165) is 11.3 Å². The maximum atomic E-state index is 12.0. The van der Waals surface area contributed by atoms with Gasteiger partial charge in [0.05, 0.1) is 11.8 Å². The first-order valence-electron chi connectivity index (χ1n) is 5.81. The minimum Gasteiger partial charge on any atom is -0.488 e. The van der Waals surface area contributed by atoms with Gasteiger partial charge in [0.15, 0.2) is 5.78 Å². The van der Waals surface area contributed by atoms with E-state index in [1.54, 1.807) is 19.3 Å². The van der Waals surface area contributed by atoms with Gasteiger partial charge in [-0.3, -0.25) is 4.79 Å². The summed E-state index contributed by atoms with van der Waals surface area (Å²) < 4.78 is 11.0. The van der Waals surface area contributed by atoms with Crippen LogP contribution in [-0.2, 0) is 0 Å². The van der Waals surface area contributed by atoms with Gasteiger partial charge >= 0.3 is 0 Å². The van der Waals surface area contributed by atoms with Gasteiger partial charge in [-0.2, -0.15) is 0 Å². The fraction of sp³-hybridized carbons (Fsp3) is 0.214. The van der Waals surface area contributed by atoms with E-state index < -0.39 is 6.04 Å². The second-order valence-electron chi connectivity index (χ2n) is 4.40. The van der Waals surface area contributed by atoms with Crippen LogP contribution in [0, 0.1) is 0 Å². The lowest BCUT2D eigenvalue weighted by Crippen LogP contribution is -2.46. The molecule has 2 heterocycles. The third-order valence-electron chi connectivity index (χ3n) is 3.17. The van der Waals surface area contributed by atoms with Gasteiger partial charge in [0, 0.05) is 5.56 Å². The summed E-state index contributed by atoms with van der Waals surface area (Å²) in [7, 11) is 0. The lowest BCUT2D eigenvalue weighted by molar-refractivity contribution is 0.0817. The summed E-state index contributed by atoms with van der Waals surface area (Å²) in [6.45, 7) is 1.80. The Balaban J connectivity index is 2.07. The summed E-state index contributed by atoms with van der Waals surface area (Å²) in [6.07, 6.45) is 1.30. The molecule has 2 aromatic rings. The molecule has 0 bridgehead atoms. The van der Waals surface area contributed by atoms with Crippen molar-refractivity contribution in [1.29, 1.82) is 0 Å². The first-order chi connectivity index (χ1) is 8.66. The van der Waals surface area contributed by atoms with Crippen molar-refractivity contribution in [3.63, 3.8) is 0 Å². The molecule has 4 heteroatoms. The average molecular weight is 243 g/mol. The van der Waals surface area contributed by atoms with Crippen molar-refractivity contribution in [3.8, 4) is 17.1 Å². The second-order valence-corrected chi connectivity index (χ2v) is 4.40. The van der Waals surface area contributed by atoms with E-state index in [1.165, 1.54) is 0 Å². The summed E-state index contributed by atoms with van der Waals surface area (Å²) in [5.74, 6) is 1.24. The van der Waals surface area contributed by atoms with E-state index in [-0.39, 0.29) is 11.9 Å². The number of benzene rings is 1. The highest BCUT2D eigenvalue weighted by Gasteiger charge is 2.31. The Bertz CT molecular complexity index is 589. The minimum atomic E-state index is -0.591. The van der Waals surface area contributed by atoms with E-state index in [9.17, 15) is 4.79 Å². The van der Waals surface area contributed by atoms with Crippen molar-refractivity contribution >= 4 is 5.78 Å². The van der Waals surface area contributed by atoms with Crippen molar-refractivity contribution in [3.05, 3.63) is 42.2 Å². The maximum absolute atomic E-state index is 12.0. The van der Waals surface area contributed by atoms with Crippen LogP contribution in [0.25, 0.3) is 11.3 Å². The molecule has 18 heavy (non-hydrogen) atoms. The van der Waals surface area contributed by atoms with Crippen molar-refractivity contribution < 1.29 is 13.9 Å². The highest BCUT2D eigenvalue weighted by atomic mass is 16.5. The highest BCUT2D eigenvalue weighted by Crippen LogP contribution is 2.32. The molecule has 2 unspecified atom stereocenters. The van der Waals surface area contributed by atoms with Gasteiger partial charge in [-0.1, -0.05) is 6.07 Å². The molecule has 0 fully saturated rings. The summed E-state index contributed by atoms with van der Waals surface area (Å²) in [4.78, 5) is 12.0. The molecule has 3 rings (SSSR count). The summed E-state index contributed by atoms with van der Waals surface area (Å²) >= 11 is 0. The van der Waals surface area contributed by atoms with E-state index >= 15 is 0 Å². The first-order valence-corrected chi connectivity index (χ1v) is 5.81. The van der Waals surface area contributed by atoms with Crippen LogP contribution in [0.15, 0.2) is 41.0 Å². The van der Waals surface area contributed by atoms with Gasteiger partial charge in [0.1, 0.15) is 23.7 Å². The molecule has 1 aliphatic rings. The number of nitrogens with two attached hydrogens (primary N) is 1. The van der Waals surface area contributed by atoms with E-state index in [1.807, 2.05) is 24.3 Å². The van der Waals surface area contributed by atoms with Crippen molar-refractivity contribution in [2.45, 2.75) is 19.1 Å². The predicted octanol–water partition coefficient (Wildman–Crippen LogP) is 2.24. The Hall–Kier alpha value is -2.07. The topological polar surface area (TPSA) is 65.5 Å². The first kappa shape index (κ1) is 11.0. The molecule has 92 valence electrons. The Morgan fingerprint density at radius 1 is 1.28 bits per heavy atom. The number of fused-ring (bicyclic) bond motifs is 1. The molecule has 2 atom stereocenters. The maximum Gasteiger partial charge on any atom is 0.187 e. The number of carbonyl (C=O) groups excluding carboxylic acids is 1. The lowest BCUT2D eigenvalue weighted by atomic mass is 9.95. The van der Waals surface area contributed by atoms with Crippen LogP contribution < -0.4 is 10.5 Å². The Morgan fingerprint density at radius 2 is 2.11 bits per heavy atom. The van der Waals surface area contributed by atoms with E-state index in [2.05, 4.69) is 0 Å². The molecule has 0 saturated heterocycles. The molecule has 0 aliphatic carbocycles. The van der Waals surface area contributed by atoms with Gasteiger partial charge in [-0.05, 0) is 31.2 Å². The fourth-order valence-electron chi connectivity index (χ4n) is 2.09. The van der Waals surface area contributed by atoms with E-state index in [0.29, 0.717) is 11.3 Å². The van der Waals surface area contributed by atoms with Gasteiger partial charge in [-0.25, -0.2) is 0 Å². The molecule has 0 saturated carbocycles. The zero-order valence-corrected chi connectivity index (χ0v) is 9.92. The third kappa shape index (κ3) is 1.62. The molecule has 1 aromatic heterocycles. The van der Waals surface area contributed by atoms with Gasteiger partial charge in [0.25, 0.3) is 0 Å². The monoisotopic (exact) mass is 243 g/mol. The number of Topliss-reactive ketones (excluding diaryl/α,β-unsaturated/α-hetero) is 1. The number of ether oxygens (including phenoxy) is 1. The zero-order valence-electron chi connectivity index (χ0n) is 9.92. The molecule has 2 N–H and O–H groups in total. The number of furan rings is 1. The molecule has 0 spiro atoms. The Kier molecular flexibility index (Phi) is 2.45. The number of ketones is 1. The van der Waals surface area contributed by atoms with Crippen molar-refractivity contribution in [2.24, 2.45) is 5.73 Å². The SMILES string of the molecule is CC1Oc2cc(-c3ccco3)ccc2C(=O)C1N. The molecular formula is C14H13NO3. The summed E-state index contributed by atoms with van der Waals surface area (Å²) in [6, 6.07) is 8.48. The van der Waals surface area contributed by atoms with Crippen LogP contribution >= 0.6 is 0 Å². The number of hydrogen-bond acceptors (Lipinski definition) is 4. The minimum absolute atomic E-state index is 0.0743. The van der Waals surface area contributed by atoms with Crippen molar-refractivity contribution in [1.82, 2.24) is 0 Å². The van der Waals surface area contributed by atoms with Crippen LogP contribution in [0.3, 0.4) is 0 Å². The zero-order chi connectivity index (χ0) is 12.7. The molecule has 1 aromatic carbocycles. The van der Waals surface area contributed by atoms with Crippen LogP contribution in [0.5, 0.6) is 5.75 Å². The smallest absolute Gasteiger partial charge is 0.187 e. The third-order valence-corrected chi connectivity index (χ3v) is 3.17. The summed E-state index contributed by atoms with van der Waals surface area (Å²) in [5.41, 5.74) is 7.20. The quantitative estimate of drug-likeness (QED) is 0.834. The van der Waals surface area contributed by atoms with Crippen LogP contribution in [-0.4, -0.2) is 17.9 Å². The van der Waals surface area contributed by atoms with Crippen LogP contribution in [0.1, 0.15) is 17.3 Å². The largest absolute Gasteiger partial charge is 0.488 e. The predicted molar refractivity (Wildman–Crippen MR) is 66.5 cm³/mol. The van der Waals surface area contributed by atoms with Crippen molar-refractivity contribution in [2.75, 3.05) is 0 Å². The highest BCUT2D eigenvalue weighted by molar-refractivity contribution is 6.04. The average Bonchev–Trinajstić information content (AvgIpc) is 2.89. The van der Waals surface area contributed by atoms with Crippen LogP contribution in [0.4, 0.5) is 0 Å². The van der Waals surface area contributed by atoms with Gasteiger partial charge in [-0.15, -0.1) is 0 Å². The number of carbonyl (C=O) groups is 1. The molecule has 0 amide bonds. The molecular weight excluding hydrogens is 230 g/mol. The molecule has 1 aliphatic heterocycles. The van der Waals surface area contributed by atoms with Crippen LogP contribution in [0.2, 0.25) is 0 Å². The van der Waals surface area contributed by atoms with Gasteiger partial charge < -0.3 is 14.9 Å². The molecule has 4 nitrogen and oxygen atoms in total. The van der Waals surface area contributed by atoms with Gasteiger partial charge in [0.2, 0.25) is 0 Å². The number of rotatable bonds is 1. The second kappa shape index (κ2) is 3.99. The number of hydrogen-bond donors (Lipinski definition) is 1. The molecule has 0 radical (unpaired) electrons. The van der Waals surface area contributed by atoms with E-state index in [4.69, 9.17) is 14.9 Å². The Morgan fingerprint density at radius 3 is 2.83 bits per heavy atom.